The minimum atomic E-state index is -4.73. The Morgan fingerprint density at radius 2 is 1.78 bits per heavy atom. The van der Waals surface area contributed by atoms with Crippen LogP contribution in [0.25, 0.3) is 11.2 Å². The maximum atomic E-state index is 14.3. The molecule has 0 aromatic carbocycles. The van der Waals surface area contributed by atoms with Gasteiger partial charge in [-0.25, -0.2) is 19.4 Å². The molecule has 8 N–H and O–H groups in total. The normalized spacial score (nSPS) is 28.7. The molecular formula is C23H33N9O14P2S-2. The minimum absolute atomic E-state index is 0.0229. The lowest BCUT2D eigenvalue weighted by Crippen LogP contribution is -2.40. The third kappa shape index (κ3) is 8.41. The van der Waals surface area contributed by atoms with Crippen LogP contribution < -0.4 is 37.6 Å². The first-order valence-electron chi connectivity index (χ1n) is 14.2. The van der Waals surface area contributed by atoms with Crippen LogP contribution in [0.4, 0.5) is 11.8 Å². The number of nitrogen functional groups attached to an aromatic ring is 2. The van der Waals surface area contributed by atoms with Crippen molar-refractivity contribution in [1.29, 1.82) is 0 Å². The molecule has 26 heteroatoms. The van der Waals surface area contributed by atoms with Crippen molar-refractivity contribution in [3.8, 4) is 0 Å². The molecule has 0 saturated carbocycles. The fourth-order valence-corrected chi connectivity index (χ4v) is 7.21. The number of hydrogen-bond donors (Lipinski definition) is 6. The summed E-state index contributed by atoms with van der Waals surface area (Å²) >= 11 is 4.36. The number of aliphatic hydroxyl groups excluding tert-OH is 2. The van der Waals surface area contributed by atoms with Gasteiger partial charge in [-0.1, -0.05) is 6.72 Å². The van der Waals surface area contributed by atoms with Gasteiger partial charge in [-0.05, 0) is 6.07 Å². The molecule has 23 nitrogen and oxygen atoms in total. The molecule has 2 aliphatic rings. The highest BCUT2D eigenvalue weighted by atomic mass is 32.5. The molecule has 0 bridgehead atoms. The molecule has 0 amide bonds. The molecule has 3 aromatic rings. The fourth-order valence-electron chi connectivity index (χ4n) is 5.18. The fraction of sp³-hybridized carbons (Fsp3) is 0.609. The van der Waals surface area contributed by atoms with Gasteiger partial charge in [-0.3, -0.25) is 28.0 Å². The Hall–Kier alpha value is -2.77. The van der Waals surface area contributed by atoms with Gasteiger partial charge in [0.2, 0.25) is 5.95 Å². The van der Waals surface area contributed by atoms with Crippen LogP contribution in [0.5, 0.6) is 0 Å². The molecule has 5 rings (SSSR count). The molecule has 2 fully saturated rings. The van der Waals surface area contributed by atoms with Gasteiger partial charge in [-0.15, -0.1) is 11.8 Å². The van der Waals surface area contributed by atoms with E-state index in [1.165, 1.54) is 37.4 Å². The quantitative estimate of drug-likeness (QED) is 0.0632. The number of aromatic nitrogens is 6. The first-order chi connectivity index (χ1) is 23.1. The van der Waals surface area contributed by atoms with E-state index in [1.54, 1.807) is 0 Å². The molecule has 2 saturated heterocycles. The van der Waals surface area contributed by atoms with E-state index in [-0.39, 0.29) is 36.1 Å². The second-order valence-corrected chi connectivity index (χ2v) is 14.9. The number of rotatable bonds is 15. The molecule has 272 valence electrons. The lowest BCUT2D eigenvalue weighted by atomic mass is 10.1. The van der Waals surface area contributed by atoms with Crippen molar-refractivity contribution in [2.24, 2.45) is 0 Å². The van der Waals surface area contributed by atoms with Gasteiger partial charge < -0.3 is 54.9 Å². The van der Waals surface area contributed by atoms with Crippen molar-refractivity contribution in [1.82, 2.24) is 34.2 Å². The highest BCUT2D eigenvalue weighted by Gasteiger charge is 2.51. The number of H-pyrrole nitrogens is 1. The molecule has 0 spiro atoms. The summed E-state index contributed by atoms with van der Waals surface area (Å²) in [5.74, 6) is -0.314. The largest absolute Gasteiger partial charge is 0.812 e. The van der Waals surface area contributed by atoms with Crippen LogP contribution in [-0.4, -0.2) is 116 Å². The number of ether oxygens (including phenoxy) is 4. The summed E-state index contributed by atoms with van der Waals surface area (Å²) in [6.07, 6.45) is -8.89. The summed E-state index contributed by atoms with van der Waals surface area (Å²) in [5.41, 5.74) is 9.60. The number of nitrogens with two attached hydrogens (primary N) is 2. The van der Waals surface area contributed by atoms with Crippen LogP contribution in [0.15, 0.2) is 28.2 Å². The Bertz CT molecular complexity index is 1840. The van der Waals surface area contributed by atoms with E-state index >= 15 is 0 Å². The van der Waals surface area contributed by atoms with Gasteiger partial charge in [0, 0.05) is 27.0 Å². The summed E-state index contributed by atoms with van der Waals surface area (Å²) in [6.45, 7) is -6.20. The Kier molecular flexibility index (Phi) is 11.6. The summed E-state index contributed by atoms with van der Waals surface area (Å²) in [7, 11) is -1.89. The first kappa shape index (κ1) is 37.5. The number of anilines is 2. The van der Waals surface area contributed by atoms with Crippen molar-refractivity contribution < 1.29 is 57.1 Å². The molecule has 49 heavy (non-hydrogen) atoms. The van der Waals surface area contributed by atoms with Crippen molar-refractivity contribution in [3.05, 3.63) is 39.4 Å². The topological polar surface area (TPSA) is 331 Å². The lowest BCUT2D eigenvalue weighted by Gasteiger charge is -2.36. The number of nitrogens with zero attached hydrogens (tertiary/aromatic N) is 5. The van der Waals surface area contributed by atoms with Crippen molar-refractivity contribution in [2.75, 3.05) is 52.1 Å². The molecule has 9 atom stereocenters. The van der Waals surface area contributed by atoms with E-state index in [1.807, 2.05) is 0 Å². The van der Waals surface area contributed by atoms with Crippen LogP contribution in [0, 0.1) is 0 Å². The van der Waals surface area contributed by atoms with Gasteiger partial charge in [0.05, 0.1) is 26.1 Å². The van der Waals surface area contributed by atoms with Crippen LogP contribution in [0.2, 0.25) is 0 Å². The molecule has 0 radical (unpaired) electrons. The number of aliphatic hydroxyl groups is 2. The van der Waals surface area contributed by atoms with E-state index in [0.717, 1.165) is 4.57 Å². The van der Waals surface area contributed by atoms with E-state index < -0.39 is 88.0 Å². The Labute approximate surface area is 280 Å². The van der Waals surface area contributed by atoms with Gasteiger partial charge in [0.1, 0.15) is 42.4 Å². The maximum absolute atomic E-state index is 14.3. The molecule has 3 aromatic heterocycles. The highest BCUT2D eigenvalue weighted by Crippen LogP contribution is 2.50. The second kappa shape index (κ2) is 15.2. The molecule has 0 aliphatic carbocycles. The van der Waals surface area contributed by atoms with Crippen molar-refractivity contribution >= 4 is 49.2 Å². The van der Waals surface area contributed by atoms with E-state index in [4.69, 9.17) is 44.0 Å². The van der Waals surface area contributed by atoms with Crippen LogP contribution >= 0.6 is 14.5 Å². The lowest BCUT2D eigenvalue weighted by molar-refractivity contribution is -0.322. The summed E-state index contributed by atoms with van der Waals surface area (Å²) < 4.78 is 55.3. The van der Waals surface area contributed by atoms with Crippen molar-refractivity contribution in [2.45, 2.75) is 49.1 Å². The monoisotopic (exact) mass is 753 g/mol. The van der Waals surface area contributed by atoms with Gasteiger partial charge in [0.15, 0.2) is 23.6 Å². The zero-order valence-corrected chi connectivity index (χ0v) is 28.3. The van der Waals surface area contributed by atoms with E-state index in [9.17, 15) is 34.2 Å². The van der Waals surface area contributed by atoms with E-state index in [0.29, 0.717) is 0 Å². The summed E-state index contributed by atoms with van der Waals surface area (Å²) in [6, 6.07) is 1.28. The number of nitrogens with one attached hydrogen (secondary N) is 2. The van der Waals surface area contributed by atoms with Crippen LogP contribution in [0.1, 0.15) is 12.5 Å². The van der Waals surface area contributed by atoms with Gasteiger partial charge in [-0.2, -0.15) is 9.97 Å². The molecule has 5 heterocycles. The number of methoxy groups -OCH3 is 2. The number of fused-ring (bicyclic) bond motifs is 1. The van der Waals surface area contributed by atoms with E-state index in [2.05, 4.69) is 36.8 Å². The molecule has 1 unspecified atom stereocenters. The first-order valence-corrected chi connectivity index (χ1v) is 18.3. The third-order valence-corrected chi connectivity index (χ3v) is 9.83. The number of imidazole rings is 1. The highest BCUT2D eigenvalue weighted by molar-refractivity contribution is 8.05. The van der Waals surface area contributed by atoms with Crippen molar-refractivity contribution in [3.63, 3.8) is 0 Å². The van der Waals surface area contributed by atoms with Crippen LogP contribution in [0.3, 0.4) is 0 Å². The molecular weight excluding hydrogens is 720 g/mol. The average molecular weight is 754 g/mol. The minimum Gasteiger partial charge on any atom is -0.812 e. The summed E-state index contributed by atoms with van der Waals surface area (Å²) in [4.78, 5) is 62.3. The third-order valence-electron chi connectivity index (χ3n) is 7.42. The molecule has 2 aliphatic heterocycles. The standard InChI is InChI=1S/C23H35N9O14P2S/c1-40-6-4-27-47(37,42-7-10-14(33)15(34)20(44-10)31-5-3-12(24)28-23(31)36)46-16-11(8-43-48(38,39)49)45-21(17(16)41-2)32-9-26-13-18(32)29-22(25)30-19(13)35/h3,5,9-11,14-17,20-21,33-34H,4,6-8H2,1-2H3,(H,27,37)(H2,24,28,36)(H2,38,39,49)(H3,25,29,30,35)/p-2/t10-,11-,14-,15-,16-,17-,20-,21-,47?/m1/s1. The van der Waals surface area contributed by atoms with Gasteiger partial charge >= 0.3 is 13.4 Å². The Morgan fingerprint density at radius 3 is 2.45 bits per heavy atom. The number of aromatic amines is 1. The average Bonchev–Trinajstić information content (AvgIpc) is 3.68. The number of hydrogen-bond acceptors (Lipinski definition) is 20. The Balaban J connectivity index is 1.42. The predicted octanol–water partition coefficient (Wildman–Crippen LogP) is -4.22. The summed E-state index contributed by atoms with van der Waals surface area (Å²) in [5, 5.41) is 23.9. The second-order valence-electron chi connectivity index (χ2n) is 10.6. The van der Waals surface area contributed by atoms with Crippen LogP contribution in [-0.2, 0) is 48.9 Å². The SMILES string of the molecule is COCCNP(=O)(OC[C@H]1O[C@@H](n2ccc(N)nc2=O)[C@H](O)[C@@H]1O)O[C@H]1[C@@H](OC)[C@H](n2cnc3c(=O)[nH]c(N)nc32)O[C@@H]1COP([O-])([O-])=S. The smallest absolute Gasteiger partial charge is 0.406 e. The zero-order valence-electron chi connectivity index (χ0n) is 25.7. The maximum Gasteiger partial charge on any atom is 0.406 e. The zero-order chi connectivity index (χ0) is 35.7. The predicted molar refractivity (Wildman–Crippen MR) is 165 cm³/mol. The Morgan fingerprint density at radius 1 is 1.06 bits per heavy atom. The van der Waals surface area contributed by atoms with Gasteiger partial charge in [0.25, 0.3) is 5.56 Å².